The lowest BCUT2D eigenvalue weighted by Crippen LogP contribution is -2.44. The largest absolute Gasteiger partial charge is 0.285 e. The summed E-state index contributed by atoms with van der Waals surface area (Å²) in [5.41, 5.74) is 3.78. The van der Waals surface area contributed by atoms with Crippen LogP contribution in [0.1, 0.15) is 15.9 Å². The van der Waals surface area contributed by atoms with Gasteiger partial charge in [-0.05, 0) is 48.1 Å². The Balaban J connectivity index is 1.78. The number of thiocarbonyl (C=S) groups is 1. The molecule has 120 valence electrons. The predicted octanol–water partition coefficient (Wildman–Crippen LogP) is 3.89. The zero-order valence-electron chi connectivity index (χ0n) is 12.2. The topological polar surface area (TPSA) is 49.4 Å². The Labute approximate surface area is 153 Å². The summed E-state index contributed by atoms with van der Waals surface area (Å²) in [6.45, 7) is 0. The van der Waals surface area contributed by atoms with Crippen molar-refractivity contribution in [3.05, 3.63) is 75.7 Å². The molecule has 1 N–H and O–H groups in total. The summed E-state index contributed by atoms with van der Waals surface area (Å²) in [6, 6.07) is 15.8. The van der Waals surface area contributed by atoms with Gasteiger partial charge in [-0.15, -0.1) is 0 Å². The van der Waals surface area contributed by atoms with Gasteiger partial charge in [0.1, 0.15) is 0 Å². The second-order valence-corrected chi connectivity index (χ2v) is 6.99. The Hall–Kier alpha value is -2.15. The van der Waals surface area contributed by atoms with Crippen LogP contribution in [0.2, 0.25) is 5.02 Å². The Morgan fingerprint density at radius 2 is 1.92 bits per heavy atom. The SMILES string of the molecule is O=C(NN1C(=O)/C(=C\c2cccc(Cl)c2)SC1=S)c1ccccc1. The number of carbonyl (C=O) groups is 2. The third-order valence-corrected chi connectivity index (χ3v) is 4.73. The fourth-order valence-corrected chi connectivity index (χ4v) is 3.45. The molecule has 0 unspecified atom stereocenters. The molecule has 0 aromatic heterocycles. The lowest BCUT2D eigenvalue weighted by molar-refractivity contribution is -0.123. The lowest BCUT2D eigenvalue weighted by atomic mass is 10.2. The van der Waals surface area contributed by atoms with Crippen molar-refractivity contribution in [1.29, 1.82) is 0 Å². The number of nitrogens with zero attached hydrogens (tertiary/aromatic N) is 1. The molecule has 0 bridgehead atoms. The Morgan fingerprint density at radius 3 is 2.62 bits per heavy atom. The number of amides is 2. The van der Waals surface area contributed by atoms with Crippen molar-refractivity contribution in [3.63, 3.8) is 0 Å². The molecule has 0 saturated carbocycles. The van der Waals surface area contributed by atoms with E-state index in [4.69, 9.17) is 23.8 Å². The molecule has 1 saturated heterocycles. The second-order valence-electron chi connectivity index (χ2n) is 4.88. The molecule has 1 heterocycles. The fraction of sp³-hybridized carbons (Fsp3) is 0. The Bertz CT molecular complexity index is 853. The first kappa shape index (κ1) is 16.7. The molecule has 2 aromatic carbocycles. The molecule has 0 aliphatic carbocycles. The summed E-state index contributed by atoms with van der Waals surface area (Å²) in [5.74, 6) is -0.759. The number of thioether (sulfide) groups is 1. The number of carbonyl (C=O) groups excluding carboxylic acids is 2. The summed E-state index contributed by atoms with van der Waals surface area (Å²) in [5, 5.41) is 1.67. The molecule has 2 amide bonds. The molecule has 1 fully saturated rings. The molecule has 1 aliphatic rings. The maximum Gasteiger partial charge on any atom is 0.285 e. The van der Waals surface area contributed by atoms with E-state index in [1.165, 1.54) is 0 Å². The quantitative estimate of drug-likeness (QED) is 0.654. The first-order valence-corrected chi connectivity index (χ1v) is 8.54. The molecule has 1 aliphatic heterocycles. The third-order valence-electron chi connectivity index (χ3n) is 3.19. The number of hydrogen-bond donors (Lipinski definition) is 1. The molecule has 7 heteroatoms. The molecule has 4 nitrogen and oxygen atoms in total. The van der Waals surface area contributed by atoms with Gasteiger partial charge in [-0.2, -0.15) is 5.01 Å². The molecule has 24 heavy (non-hydrogen) atoms. The minimum Gasteiger partial charge on any atom is -0.267 e. The van der Waals surface area contributed by atoms with Crippen LogP contribution in [0.25, 0.3) is 6.08 Å². The normalized spacial score (nSPS) is 15.9. The zero-order chi connectivity index (χ0) is 17.1. The molecule has 0 spiro atoms. The molecular weight excluding hydrogens is 364 g/mol. The number of halogens is 1. The van der Waals surface area contributed by atoms with E-state index in [-0.39, 0.29) is 10.2 Å². The Morgan fingerprint density at radius 1 is 1.17 bits per heavy atom. The lowest BCUT2D eigenvalue weighted by Gasteiger charge is -2.15. The maximum atomic E-state index is 12.5. The van der Waals surface area contributed by atoms with E-state index in [0.29, 0.717) is 15.5 Å². The van der Waals surface area contributed by atoms with Crippen LogP contribution in [0, 0.1) is 0 Å². The smallest absolute Gasteiger partial charge is 0.267 e. The average Bonchev–Trinajstić information content (AvgIpc) is 2.83. The van der Waals surface area contributed by atoms with Crippen LogP contribution in [0.3, 0.4) is 0 Å². The maximum absolute atomic E-state index is 12.5. The minimum atomic E-state index is -0.393. The van der Waals surface area contributed by atoms with E-state index in [9.17, 15) is 9.59 Å². The van der Waals surface area contributed by atoms with Crippen molar-refractivity contribution in [2.24, 2.45) is 0 Å². The fourth-order valence-electron chi connectivity index (χ4n) is 2.07. The number of benzene rings is 2. The van der Waals surface area contributed by atoms with Gasteiger partial charge in [0.2, 0.25) is 0 Å². The highest BCUT2D eigenvalue weighted by atomic mass is 35.5. The predicted molar refractivity (Wildman–Crippen MR) is 100 cm³/mol. The monoisotopic (exact) mass is 374 g/mol. The van der Waals surface area contributed by atoms with Gasteiger partial charge in [-0.1, -0.05) is 53.7 Å². The first-order chi connectivity index (χ1) is 11.5. The number of rotatable bonds is 3. The standard InChI is InChI=1S/C17H11ClN2O2S2/c18-13-8-4-5-11(9-13)10-14-16(22)20(17(23)24-14)19-15(21)12-6-2-1-3-7-12/h1-10H,(H,19,21)/b14-10+. The van der Waals surface area contributed by atoms with Crippen molar-refractivity contribution >= 4 is 57.8 Å². The van der Waals surface area contributed by atoms with E-state index in [0.717, 1.165) is 22.3 Å². The molecule has 0 atom stereocenters. The number of hydrogen-bond acceptors (Lipinski definition) is 4. The minimum absolute atomic E-state index is 0.276. The van der Waals surface area contributed by atoms with Gasteiger partial charge in [0.15, 0.2) is 4.32 Å². The molecule has 3 rings (SSSR count). The van der Waals surface area contributed by atoms with Crippen molar-refractivity contribution in [2.45, 2.75) is 0 Å². The van der Waals surface area contributed by atoms with Gasteiger partial charge < -0.3 is 0 Å². The van der Waals surface area contributed by atoms with Gasteiger partial charge in [0.05, 0.1) is 4.91 Å². The van der Waals surface area contributed by atoms with Crippen molar-refractivity contribution in [3.8, 4) is 0 Å². The highest BCUT2D eigenvalue weighted by Crippen LogP contribution is 2.31. The van der Waals surface area contributed by atoms with Crippen LogP contribution < -0.4 is 5.43 Å². The number of hydrazine groups is 1. The van der Waals surface area contributed by atoms with E-state index in [1.807, 2.05) is 12.1 Å². The van der Waals surface area contributed by atoms with E-state index >= 15 is 0 Å². The highest BCUT2D eigenvalue weighted by Gasteiger charge is 2.33. The van der Waals surface area contributed by atoms with Gasteiger partial charge in [-0.25, -0.2) is 0 Å². The van der Waals surface area contributed by atoms with Crippen LogP contribution in [0.5, 0.6) is 0 Å². The van der Waals surface area contributed by atoms with Crippen molar-refractivity contribution in [2.75, 3.05) is 0 Å². The average molecular weight is 375 g/mol. The molecule has 2 aromatic rings. The van der Waals surface area contributed by atoms with Crippen LogP contribution >= 0.6 is 35.6 Å². The second kappa shape index (κ2) is 7.17. The van der Waals surface area contributed by atoms with E-state index < -0.39 is 5.91 Å². The van der Waals surface area contributed by atoms with Crippen LogP contribution in [0.15, 0.2) is 59.5 Å². The van der Waals surface area contributed by atoms with Gasteiger partial charge in [-0.3, -0.25) is 15.0 Å². The van der Waals surface area contributed by atoms with Crippen LogP contribution in [-0.2, 0) is 4.79 Å². The summed E-state index contributed by atoms with van der Waals surface area (Å²) in [6.07, 6.45) is 1.69. The van der Waals surface area contributed by atoms with Gasteiger partial charge in [0, 0.05) is 10.6 Å². The number of nitrogens with one attached hydrogen (secondary N) is 1. The Kier molecular flexibility index (Phi) is 4.99. The first-order valence-electron chi connectivity index (χ1n) is 6.94. The summed E-state index contributed by atoms with van der Waals surface area (Å²) >= 11 is 12.3. The van der Waals surface area contributed by atoms with Crippen LogP contribution in [0.4, 0.5) is 0 Å². The van der Waals surface area contributed by atoms with E-state index in [2.05, 4.69) is 5.43 Å². The summed E-state index contributed by atoms with van der Waals surface area (Å²) in [7, 11) is 0. The van der Waals surface area contributed by atoms with Crippen LogP contribution in [-0.4, -0.2) is 21.1 Å². The summed E-state index contributed by atoms with van der Waals surface area (Å²) < 4.78 is 0.276. The molecular formula is C17H11ClN2O2S2. The third kappa shape index (κ3) is 3.67. The zero-order valence-corrected chi connectivity index (χ0v) is 14.6. The van der Waals surface area contributed by atoms with E-state index in [1.54, 1.807) is 48.5 Å². The van der Waals surface area contributed by atoms with Gasteiger partial charge in [0.25, 0.3) is 11.8 Å². The highest BCUT2D eigenvalue weighted by molar-refractivity contribution is 8.26. The van der Waals surface area contributed by atoms with Gasteiger partial charge >= 0.3 is 0 Å². The molecule has 0 radical (unpaired) electrons. The van der Waals surface area contributed by atoms with Crippen molar-refractivity contribution in [1.82, 2.24) is 10.4 Å². The van der Waals surface area contributed by atoms with Crippen molar-refractivity contribution < 1.29 is 9.59 Å². The summed E-state index contributed by atoms with van der Waals surface area (Å²) in [4.78, 5) is 25.1.